The van der Waals surface area contributed by atoms with Crippen molar-refractivity contribution in [3.63, 3.8) is 0 Å². The van der Waals surface area contributed by atoms with Gasteiger partial charge in [-0.3, -0.25) is 4.79 Å². The quantitative estimate of drug-likeness (QED) is 0.422. The number of alkyl halides is 3. The number of hydrogen-bond acceptors (Lipinski definition) is 5. The van der Waals surface area contributed by atoms with Crippen LogP contribution in [0.15, 0.2) is 34.9 Å². The fourth-order valence-electron chi connectivity index (χ4n) is 3.15. The van der Waals surface area contributed by atoms with E-state index in [4.69, 9.17) is 14.3 Å². The van der Waals surface area contributed by atoms with Crippen LogP contribution in [0.5, 0.6) is 5.75 Å². The molecule has 0 atom stereocenters. The van der Waals surface area contributed by atoms with Crippen molar-refractivity contribution in [2.24, 2.45) is 0 Å². The number of oxazole rings is 1. The summed E-state index contributed by atoms with van der Waals surface area (Å²) in [6.45, 7) is 3.31. The number of rotatable bonds is 9. The Kier molecular flexibility index (Phi) is 6.82. The Morgan fingerprint density at radius 2 is 1.97 bits per heavy atom. The molecule has 0 spiro atoms. The molecule has 166 valence electrons. The summed E-state index contributed by atoms with van der Waals surface area (Å²) in [5, 5.41) is 8.66. The number of unbranched alkanes of at least 4 members (excludes halogenated alkanes) is 2. The molecule has 0 aliphatic heterocycles. The van der Waals surface area contributed by atoms with E-state index < -0.39 is 23.8 Å². The van der Waals surface area contributed by atoms with Gasteiger partial charge in [-0.2, -0.15) is 13.2 Å². The van der Waals surface area contributed by atoms with Crippen molar-refractivity contribution in [1.82, 2.24) is 9.97 Å². The van der Waals surface area contributed by atoms with E-state index in [2.05, 4.69) is 9.97 Å². The monoisotopic (exact) mass is 436 g/mol. The summed E-state index contributed by atoms with van der Waals surface area (Å²) in [5.74, 6) is -1.01. The van der Waals surface area contributed by atoms with Gasteiger partial charge in [-0.1, -0.05) is 6.42 Å². The van der Waals surface area contributed by atoms with Crippen LogP contribution in [0, 0.1) is 0 Å². The van der Waals surface area contributed by atoms with Crippen molar-refractivity contribution in [3.05, 3.63) is 41.6 Å². The number of carboxylic acid groups (broad SMARTS) is 1. The van der Waals surface area contributed by atoms with Crippen molar-refractivity contribution in [3.8, 4) is 17.2 Å². The minimum atomic E-state index is -4.59. The van der Waals surface area contributed by atoms with Crippen LogP contribution in [0.2, 0.25) is 0 Å². The van der Waals surface area contributed by atoms with E-state index in [9.17, 15) is 18.0 Å². The zero-order chi connectivity index (χ0) is 22.6. The van der Waals surface area contributed by atoms with Crippen LogP contribution >= 0.6 is 0 Å². The van der Waals surface area contributed by atoms with Crippen molar-refractivity contribution in [1.29, 1.82) is 0 Å². The average Bonchev–Trinajstić information content (AvgIpc) is 3.10. The highest BCUT2D eigenvalue weighted by molar-refractivity contribution is 5.73. The Balaban J connectivity index is 1.80. The molecule has 1 N–H and O–H groups in total. The van der Waals surface area contributed by atoms with Crippen LogP contribution in [-0.4, -0.2) is 27.1 Å². The molecule has 1 aromatic carbocycles. The van der Waals surface area contributed by atoms with Gasteiger partial charge in [-0.05, 0) is 62.9 Å². The van der Waals surface area contributed by atoms with Gasteiger partial charge in [0.05, 0.1) is 11.7 Å². The Morgan fingerprint density at radius 3 is 2.65 bits per heavy atom. The molecule has 0 amide bonds. The van der Waals surface area contributed by atoms with Crippen LogP contribution in [0.3, 0.4) is 0 Å². The van der Waals surface area contributed by atoms with E-state index in [0.717, 1.165) is 24.5 Å². The lowest BCUT2D eigenvalue weighted by Gasteiger charge is -2.16. The molecule has 2 aromatic heterocycles. The molecule has 9 heteroatoms. The summed E-state index contributed by atoms with van der Waals surface area (Å²) < 4.78 is 51.3. The molecule has 0 radical (unpaired) electrons. The molecule has 31 heavy (non-hydrogen) atoms. The van der Waals surface area contributed by atoms with Crippen LogP contribution < -0.4 is 4.74 Å². The molecule has 0 fully saturated rings. The standard InChI is InChI=1S/C22H23F3N2O4/c1-13(2)30-18-9-8-15(11-16(18)22(23,24)25)20-27-17-10-14(12-26-21(17)31-20)6-4-3-5-7-19(28)29/h8-13H,3-7H2,1-2H3,(H,28,29). The van der Waals surface area contributed by atoms with Gasteiger partial charge in [0.15, 0.2) is 0 Å². The first kappa shape index (κ1) is 22.6. The zero-order valence-electron chi connectivity index (χ0n) is 17.2. The van der Waals surface area contributed by atoms with Crippen molar-refractivity contribution in [2.45, 2.75) is 58.2 Å². The lowest BCUT2D eigenvalue weighted by molar-refractivity contribution is -0.139. The second-order valence-corrected chi connectivity index (χ2v) is 7.52. The zero-order valence-corrected chi connectivity index (χ0v) is 17.2. The summed E-state index contributed by atoms with van der Waals surface area (Å²) in [7, 11) is 0. The normalized spacial score (nSPS) is 11.9. The number of aromatic nitrogens is 2. The van der Waals surface area contributed by atoms with Crippen LogP contribution in [-0.2, 0) is 17.4 Å². The van der Waals surface area contributed by atoms with Crippen molar-refractivity contribution in [2.75, 3.05) is 0 Å². The number of pyridine rings is 1. The van der Waals surface area contributed by atoms with Crippen molar-refractivity contribution >= 4 is 17.2 Å². The summed E-state index contributed by atoms with van der Waals surface area (Å²) in [6, 6.07) is 5.49. The summed E-state index contributed by atoms with van der Waals surface area (Å²) in [4.78, 5) is 19.1. The topological polar surface area (TPSA) is 85.5 Å². The number of halogens is 3. The number of carbonyl (C=O) groups is 1. The Labute approximate surface area is 177 Å². The first-order valence-electron chi connectivity index (χ1n) is 9.99. The molecule has 0 aliphatic carbocycles. The maximum Gasteiger partial charge on any atom is 0.419 e. The largest absolute Gasteiger partial charge is 0.490 e. The third-order valence-corrected chi connectivity index (χ3v) is 4.55. The van der Waals surface area contributed by atoms with Crippen molar-refractivity contribution < 1.29 is 32.2 Å². The van der Waals surface area contributed by atoms with Gasteiger partial charge in [-0.25, -0.2) is 9.97 Å². The van der Waals surface area contributed by atoms with E-state index >= 15 is 0 Å². The molecule has 0 unspecified atom stereocenters. The van der Waals surface area contributed by atoms with Gasteiger partial charge in [0.25, 0.3) is 0 Å². The molecular formula is C22H23F3N2O4. The molecule has 3 rings (SSSR count). The highest BCUT2D eigenvalue weighted by atomic mass is 19.4. The fourth-order valence-corrected chi connectivity index (χ4v) is 3.15. The summed E-state index contributed by atoms with van der Waals surface area (Å²) in [6.07, 6.45) is -0.320. The third-order valence-electron chi connectivity index (χ3n) is 4.55. The Hall–Kier alpha value is -3.10. The highest BCUT2D eigenvalue weighted by Gasteiger charge is 2.35. The van der Waals surface area contributed by atoms with Crippen LogP contribution in [0.4, 0.5) is 13.2 Å². The smallest absolute Gasteiger partial charge is 0.419 e. The molecule has 0 saturated carbocycles. The number of fused-ring (bicyclic) bond motifs is 1. The number of ether oxygens (including phenoxy) is 1. The third kappa shape index (κ3) is 5.96. The maximum absolute atomic E-state index is 13.5. The SMILES string of the molecule is CC(C)Oc1ccc(-c2nc3cc(CCCCCC(=O)O)cnc3o2)cc1C(F)(F)F. The van der Waals surface area contributed by atoms with E-state index in [1.54, 1.807) is 26.1 Å². The Morgan fingerprint density at radius 1 is 1.19 bits per heavy atom. The van der Waals surface area contributed by atoms with Gasteiger partial charge in [0.1, 0.15) is 11.3 Å². The lowest BCUT2D eigenvalue weighted by Crippen LogP contribution is -2.13. The maximum atomic E-state index is 13.5. The fraction of sp³-hybridized carbons (Fsp3) is 0.409. The lowest BCUT2D eigenvalue weighted by atomic mass is 10.1. The minimum Gasteiger partial charge on any atom is -0.490 e. The van der Waals surface area contributed by atoms with Gasteiger partial charge in [0.2, 0.25) is 11.6 Å². The molecule has 3 aromatic rings. The number of aliphatic carboxylic acids is 1. The number of nitrogens with zero attached hydrogens (tertiary/aromatic N) is 2. The van der Waals surface area contributed by atoms with Crippen LogP contribution in [0.25, 0.3) is 22.7 Å². The molecule has 2 heterocycles. The first-order chi connectivity index (χ1) is 14.6. The second kappa shape index (κ2) is 9.36. The molecule has 0 saturated heterocycles. The first-order valence-corrected chi connectivity index (χ1v) is 9.99. The second-order valence-electron chi connectivity index (χ2n) is 7.52. The number of carboxylic acids is 1. The number of hydrogen-bond donors (Lipinski definition) is 1. The minimum absolute atomic E-state index is 0.0442. The van der Waals surface area contributed by atoms with Gasteiger partial charge in [-0.15, -0.1) is 0 Å². The van der Waals surface area contributed by atoms with E-state index in [0.29, 0.717) is 18.4 Å². The van der Waals surface area contributed by atoms with Gasteiger partial charge in [0, 0.05) is 18.2 Å². The highest BCUT2D eigenvalue weighted by Crippen LogP contribution is 2.39. The number of benzene rings is 1. The van der Waals surface area contributed by atoms with Gasteiger partial charge < -0.3 is 14.3 Å². The molecule has 0 bridgehead atoms. The van der Waals surface area contributed by atoms with E-state index in [-0.39, 0.29) is 29.3 Å². The Bertz CT molecular complexity index is 1060. The molecular weight excluding hydrogens is 413 g/mol. The summed E-state index contributed by atoms with van der Waals surface area (Å²) >= 11 is 0. The predicted octanol–water partition coefficient (Wildman–Crippen LogP) is 5.88. The van der Waals surface area contributed by atoms with E-state index in [1.807, 2.05) is 0 Å². The molecule has 6 nitrogen and oxygen atoms in total. The van der Waals surface area contributed by atoms with Gasteiger partial charge >= 0.3 is 12.1 Å². The average molecular weight is 436 g/mol. The molecule has 0 aliphatic rings. The number of aryl methyl sites for hydroxylation is 1. The predicted molar refractivity (Wildman–Crippen MR) is 108 cm³/mol. The van der Waals surface area contributed by atoms with Crippen LogP contribution in [0.1, 0.15) is 50.7 Å². The van der Waals surface area contributed by atoms with E-state index in [1.165, 1.54) is 12.1 Å². The summed E-state index contributed by atoms with van der Waals surface area (Å²) in [5.41, 5.74) is 0.877.